The first-order valence-electron chi connectivity index (χ1n) is 13.9. The van der Waals surface area contributed by atoms with Crippen molar-refractivity contribution in [2.24, 2.45) is 0 Å². The molecule has 1 amide bonds. The van der Waals surface area contributed by atoms with E-state index in [4.69, 9.17) is 4.98 Å². The molecule has 2 aliphatic rings. The van der Waals surface area contributed by atoms with Crippen molar-refractivity contribution in [3.8, 4) is 28.4 Å². The number of likely N-dealkylation sites (tertiary alicyclic amines) is 1. The van der Waals surface area contributed by atoms with Crippen LogP contribution in [0, 0.1) is 0 Å². The van der Waals surface area contributed by atoms with Crippen LogP contribution in [0.1, 0.15) is 37.2 Å². The van der Waals surface area contributed by atoms with Gasteiger partial charge in [0.1, 0.15) is 11.4 Å². The molecular weight excluding hydrogens is 490 g/mol. The minimum Gasteiger partial charge on any atom is -0.508 e. The average molecular weight is 528 g/mol. The molecule has 204 valence electrons. The number of carbonyl (C=O) groups is 1. The molecule has 0 spiro atoms. The number of nitrogens with one attached hydrogen (secondary N) is 2. The Morgan fingerprint density at radius 1 is 1.15 bits per heavy atom. The fraction of sp³-hybridized carbons (Fsp3) is 0.433. The van der Waals surface area contributed by atoms with Crippen molar-refractivity contribution >= 4 is 16.8 Å². The van der Waals surface area contributed by atoms with E-state index in [9.17, 15) is 9.90 Å². The minimum absolute atomic E-state index is 0.173. The van der Waals surface area contributed by atoms with Crippen LogP contribution in [0.4, 0.5) is 0 Å². The Balaban J connectivity index is 1.27. The van der Waals surface area contributed by atoms with Gasteiger partial charge in [0.2, 0.25) is 5.91 Å². The van der Waals surface area contributed by atoms with Gasteiger partial charge in [-0.2, -0.15) is 5.10 Å². The van der Waals surface area contributed by atoms with Crippen molar-refractivity contribution in [2.75, 3.05) is 33.7 Å². The number of nitrogens with zero attached hydrogens (tertiary/aromatic N) is 5. The number of phenolic OH excluding ortho intramolecular Hbond substituents is 1. The monoisotopic (exact) mass is 527 g/mol. The highest BCUT2D eigenvalue weighted by Gasteiger charge is 2.40. The zero-order chi connectivity index (χ0) is 27.3. The topological polar surface area (TPSA) is 104 Å². The first-order valence-corrected chi connectivity index (χ1v) is 13.9. The predicted molar refractivity (Wildman–Crippen MR) is 152 cm³/mol. The molecule has 1 fully saturated rings. The summed E-state index contributed by atoms with van der Waals surface area (Å²) in [5.41, 5.74) is 7.03. The molecule has 9 nitrogen and oxygen atoms in total. The van der Waals surface area contributed by atoms with Crippen molar-refractivity contribution in [3.63, 3.8) is 0 Å². The summed E-state index contributed by atoms with van der Waals surface area (Å²) < 4.78 is 0. The molecule has 3 N–H and O–H groups in total. The summed E-state index contributed by atoms with van der Waals surface area (Å²) in [6.07, 6.45) is 2.44. The number of aromatic hydroxyl groups is 1. The lowest BCUT2D eigenvalue weighted by molar-refractivity contribution is -0.144. The van der Waals surface area contributed by atoms with Gasteiger partial charge in [-0.25, -0.2) is 4.98 Å². The van der Waals surface area contributed by atoms with Crippen LogP contribution >= 0.6 is 0 Å². The zero-order valence-corrected chi connectivity index (χ0v) is 23.2. The van der Waals surface area contributed by atoms with Crippen LogP contribution in [0.25, 0.3) is 33.5 Å². The van der Waals surface area contributed by atoms with E-state index in [1.807, 2.05) is 17.0 Å². The largest absolute Gasteiger partial charge is 0.508 e. The quantitative estimate of drug-likeness (QED) is 0.338. The number of benzene rings is 2. The number of hydrogen-bond acceptors (Lipinski definition) is 6. The van der Waals surface area contributed by atoms with E-state index in [0.29, 0.717) is 19.0 Å². The molecule has 6 rings (SSSR count). The SMILES string of the molecule is CCCN1Cc2[nH]c(-c3n[nH]c4cc(-c5ccc(O)cc5CC)ccc34)nc2CC1C(=O)N1CC(N(C)C)C1. The molecule has 0 saturated carbocycles. The van der Waals surface area contributed by atoms with E-state index >= 15 is 0 Å². The third-order valence-electron chi connectivity index (χ3n) is 8.32. The number of amides is 1. The van der Waals surface area contributed by atoms with Gasteiger partial charge in [-0.15, -0.1) is 0 Å². The van der Waals surface area contributed by atoms with Crippen molar-refractivity contribution < 1.29 is 9.90 Å². The number of likely N-dealkylation sites (N-methyl/N-ethyl adjacent to an activating group) is 1. The highest BCUT2D eigenvalue weighted by Crippen LogP contribution is 2.33. The van der Waals surface area contributed by atoms with Crippen LogP contribution in [-0.2, 0) is 24.2 Å². The first-order chi connectivity index (χ1) is 18.9. The van der Waals surface area contributed by atoms with Crippen LogP contribution < -0.4 is 0 Å². The Hall–Kier alpha value is -3.69. The number of phenols is 1. The van der Waals surface area contributed by atoms with E-state index in [2.05, 4.69) is 71.1 Å². The molecule has 0 aliphatic carbocycles. The summed E-state index contributed by atoms with van der Waals surface area (Å²) >= 11 is 0. The summed E-state index contributed by atoms with van der Waals surface area (Å²) in [6.45, 7) is 7.41. The Kier molecular flexibility index (Phi) is 6.64. The van der Waals surface area contributed by atoms with Crippen LogP contribution in [-0.4, -0.2) is 91.7 Å². The van der Waals surface area contributed by atoms with Crippen molar-refractivity contribution in [3.05, 3.63) is 53.3 Å². The summed E-state index contributed by atoms with van der Waals surface area (Å²) in [4.78, 5) is 28.4. The lowest BCUT2D eigenvalue weighted by atomic mass is 9.97. The third kappa shape index (κ3) is 4.59. The van der Waals surface area contributed by atoms with Crippen LogP contribution in [0.2, 0.25) is 0 Å². The van der Waals surface area contributed by atoms with Gasteiger partial charge < -0.3 is 19.9 Å². The minimum atomic E-state index is -0.173. The molecule has 39 heavy (non-hydrogen) atoms. The second kappa shape index (κ2) is 10.1. The summed E-state index contributed by atoms with van der Waals surface area (Å²) in [5, 5.41) is 18.7. The van der Waals surface area contributed by atoms with Crippen molar-refractivity contribution in [1.29, 1.82) is 0 Å². The number of aryl methyl sites for hydroxylation is 1. The Morgan fingerprint density at radius 2 is 1.97 bits per heavy atom. The number of fused-ring (bicyclic) bond motifs is 2. The molecule has 0 bridgehead atoms. The lowest BCUT2D eigenvalue weighted by Gasteiger charge is -2.46. The molecule has 4 heterocycles. The molecular formula is C30H37N7O2. The van der Waals surface area contributed by atoms with E-state index < -0.39 is 0 Å². The predicted octanol–water partition coefficient (Wildman–Crippen LogP) is 3.80. The zero-order valence-electron chi connectivity index (χ0n) is 23.2. The van der Waals surface area contributed by atoms with Gasteiger partial charge in [-0.1, -0.05) is 26.0 Å². The van der Waals surface area contributed by atoms with Crippen LogP contribution in [0.5, 0.6) is 5.75 Å². The molecule has 2 aliphatic heterocycles. The van der Waals surface area contributed by atoms with Crippen molar-refractivity contribution in [1.82, 2.24) is 34.9 Å². The number of H-pyrrole nitrogens is 2. The number of imidazole rings is 1. The summed E-state index contributed by atoms with van der Waals surface area (Å²) in [7, 11) is 4.15. The number of aromatic nitrogens is 4. The molecule has 1 unspecified atom stereocenters. The molecule has 9 heteroatoms. The first kappa shape index (κ1) is 25.6. The van der Waals surface area contributed by atoms with Crippen molar-refractivity contribution in [2.45, 2.75) is 51.7 Å². The third-order valence-corrected chi connectivity index (χ3v) is 8.32. The van der Waals surface area contributed by atoms with Gasteiger partial charge in [-0.05, 0) is 74.4 Å². The number of rotatable bonds is 7. The maximum absolute atomic E-state index is 13.5. The number of hydrogen-bond donors (Lipinski definition) is 3. The van der Waals surface area contributed by atoms with Gasteiger partial charge in [0, 0.05) is 37.5 Å². The van der Waals surface area contributed by atoms with E-state index in [1.54, 1.807) is 6.07 Å². The number of carbonyl (C=O) groups excluding carboxylic acids is 1. The molecule has 0 radical (unpaired) electrons. The van der Waals surface area contributed by atoms with E-state index in [-0.39, 0.29) is 17.7 Å². The highest BCUT2D eigenvalue weighted by atomic mass is 16.3. The maximum atomic E-state index is 13.5. The second-order valence-corrected chi connectivity index (χ2v) is 11.1. The van der Waals surface area contributed by atoms with Gasteiger partial charge in [0.15, 0.2) is 5.82 Å². The molecule has 4 aromatic rings. The van der Waals surface area contributed by atoms with Gasteiger partial charge in [0.25, 0.3) is 0 Å². The van der Waals surface area contributed by atoms with Gasteiger partial charge in [0.05, 0.1) is 22.9 Å². The molecule has 2 aromatic heterocycles. The van der Waals surface area contributed by atoms with Crippen LogP contribution in [0.15, 0.2) is 36.4 Å². The molecule has 2 aromatic carbocycles. The second-order valence-electron chi connectivity index (χ2n) is 11.1. The average Bonchev–Trinajstić information content (AvgIpc) is 3.50. The summed E-state index contributed by atoms with van der Waals surface area (Å²) in [5.74, 6) is 1.24. The number of aromatic amines is 2. The summed E-state index contributed by atoms with van der Waals surface area (Å²) in [6, 6.07) is 12.1. The Bertz CT molecular complexity index is 1520. The Morgan fingerprint density at radius 3 is 2.72 bits per heavy atom. The standard InChI is InChI=1S/C30H37N7O2/c1-5-11-36-17-26-25(14-27(36)30(39)37-15-20(16-37)35(3)4)31-29(32-26)28-23-9-7-19(13-24(23)33-34-28)22-10-8-21(38)12-18(22)6-2/h7-10,12-13,20,27,38H,5-6,11,14-17H2,1-4H3,(H,31,32)(H,33,34). The van der Waals surface area contributed by atoms with Crippen LogP contribution in [0.3, 0.4) is 0 Å². The smallest absolute Gasteiger partial charge is 0.240 e. The normalized spacial score (nSPS) is 18.1. The Labute approximate surface area is 228 Å². The van der Waals surface area contributed by atoms with Gasteiger partial charge in [-0.3, -0.25) is 14.8 Å². The molecule has 1 saturated heterocycles. The maximum Gasteiger partial charge on any atom is 0.240 e. The fourth-order valence-corrected chi connectivity index (χ4v) is 5.94. The van der Waals surface area contributed by atoms with E-state index in [0.717, 1.165) is 83.0 Å². The highest BCUT2D eigenvalue weighted by molar-refractivity contribution is 5.94. The lowest BCUT2D eigenvalue weighted by Crippen LogP contribution is -2.63. The molecule has 1 atom stereocenters. The van der Waals surface area contributed by atoms with Gasteiger partial charge >= 0.3 is 0 Å². The fourth-order valence-electron chi connectivity index (χ4n) is 5.94. The van der Waals surface area contributed by atoms with E-state index in [1.165, 1.54) is 0 Å².